The minimum atomic E-state index is 0.0165. The van der Waals surface area contributed by atoms with Gasteiger partial charge in [-0.15, -0.1) is 0 Å². The van der Waals surface area contributed by atoms with Gasteiger partial charge in [0.15, 0.2) is 0 Å². The molecule has 0 saturated heterocycles. The molecular weight excluding hydrogens is 202 g/mol. The van der Waals surface area contributed by atoms with Crippen molar-refractivity contribution in [3.8, 4) is 6.07 Å². The molecule has 1 heterocycles. The molecule has 4 nitrogen and oxygen atoms in total. The monoisotopic (exact) mass is 215 g/mol. The van der Waals surface area contributed by atoms with Crippen LogP contribution in [0.2, 0.25) is 0 Å². The van der Waals surface area contributed by atoms with E-state index in [4.69, 9.17) is 5.26 Å². The molecule has 0 aromatic heterocycles. The number of rotatable bonds is 1. The Morgan fingerprint density at radius 3 is 3.00 bits per heavy atom. The second kappa shape index (κ2) is 4.23. The Hall–Kier alpha value is -2.02. The van der Waals surface area contributed by atoms with Crippen molar-refractivity contribution in [2.75, 3.05) is 10.6 Å². The highest BCUT2D eigenvalue weighted by atomic mass is 16.1. The van der Waals surface area contributed by atoms with Crippen molar-refractivity contribution < 1.29 is 4.79 Å². The van der Waals surface area contributed by atoms with Gasteiger partial charge < -0.3 is 10.6 Å². The van der Waals surface area contributed by atoms with Crippen LogP contribution in [-0.4, -0.2) is 11.9 Å². The predicted octanol–water partition coefficient (Wildman–Crippen LogP) is 2.09. The van der Waals surface area contributed by atoms with Gasteiger partial charge in [-0.05, 0) is 24.6 Å². The smallest absolute Gasteiger partial charge is 0.226 e. The Labute approximate surface area is 94.3 Å². The van der Waals surface area contributed by atoms with Crippen LogP contribution >= 0.6 is 0 Å². The van der Waals surface area contributed by atoms with E-state index >= 15 is 0 Å². The highest BCUT2D eigenvalue weighted by Gasteiger charge is 2.19. The number of carbonyl (C=O) groups is 1. The molecule has 4 heteroatoms. The lowest BCUT2D eigenvalue weighted by atomic mass is 10.1. The maximum absolute atomic E-state index is 11.6. The Morgan fingerprint density at radius 2 is 2.31 bits per heavy atom. The molecule has 1 aromatic rings. The first-order valence-electron chi connectivity index (χ1n) is 5.33. The summed E-state index contributed by atoms with van der Waals surface area (Å²) in [5.41, 5.74) is 2.17. The highest BCUT2D eigenvalue weighted by Crippen LogP contribution is 2.27. The fourth-order valence-electron chi connectivity index (χ4n) is 1.78. The van der Waals surface area contributed by atoms with E-state index in [-0.39, 0.29) is 11.9 Å². The fourth-order valence-corrected chi connectivity index (χ4v) is 1.78. The lowest BCUT2D eigenvalue weighted by Gasteiger charge is -2.14. The van der Waals surface area contributed by atoms with Gasteiger partial charge in [0.05, 0.1) is 23.0 Å². The summed E-state index contributed by atoms with van der Waals surface area (Å²) in [6.07, 6.45) is 1.34. The summed E-state index contributed by atoms with van der Waals surface area (Å²) in [6.45, 7) is 2.03. The summed E-state index contributed by atoms with van der Waals surface area (Å²) in [5, 5.41) is 14.9. The first-order valence-corrected chi connectivity index (χ1v) is 5.33. The van der Waals surface area contributed by atoms with Gasteiger partial charge in [-0.25, -0.2) is 0 Å². The number of nitriles is 1. The molecule has 0 saturated carbocycles. The largest absolute Gasteiger partial charge is 0.380 e. The summed E-state index contributed by atoms with van der Waals surface area (Å²) in [7, 11) is 0. The van der Waals surface area contributed by atoms with Gasteiger partial charge in [-0.1, -0.05) is 6.92 Å². The van der Waals surface area contributed by atoms with E-state index < -0.39 is 0 Å². The summed E-state index contributed by atoms with van der Waals surface area (Å²) >= 11 is 0. The first-order chi connectivity index (χ1) is 7.72. The summed E-state index contributed by atoms with van der Waals surface area (Å²) in [6, 6.07) is 7.45. The van der Waals surface area contributed by atoms with Gasteiger partial charge in [0, 0.05) is 12.5 Å². The molecule has 16 heavy (non-hydrogen) atoms. The third-order valence-electron chi connectivity index (χ3n) is 2.71. The molecule has 0 aliphatic carbocycles. The Balaban J connectivity index is 2.39. The highest BCUT2D eigenvalue weighted by molar-refractivity contribution is 5.96. The van der Waals surface area contributed by atoms with Crippen LogP contribution in [0, 0.1) is 11.3 Å². The third-order valence-corrected chi connectivity index (χ3v) is 2.71. The minimum Gasteiger partial charge on any atom is -0.380 e. The molecule has 0 bridgehead atoms. The minimum absolute atomic E-state index is 0.0165. The van der Waals surface area contributed by atoms with Gasteiger partial charge in [0.2, 0.25) is 5.91 Å². The number of carbonyl (C=O) groups excluding carboxylic acids is 1. The van der Waals surface area contributed by atoms with E-state index in [0.717, 1.165) is 17.8 Å². The molecule has 1 amide bonds. The van der Waals surface area contributed by atoms with Crippen molar-refractivity contribution >= 4 is 17.3 Å². The Kier molecular flexibility index (Phi) is 2.78. The van der Waals surface area contributed by atoms with Gasteiger partial charge in [0.1, 0.15) is 0 Å². The molecule has 1 unspecified atom stereocenters. The number of anilines is 2. The van der Waals surface area contributed by atoms with Crippen molar-refractivity contribution in [2.24, 2.45) is 0 Å². The molecular formula is C12H13N3O. The third kappa shape index (κ3) is 1.98. The fraction of sp³-hybridized carbons (Fsp3) is 0.333. The zero-order chi connectivity index (χ0) is 11.5. The van der Waals surface area contributed by atoms with Crippen LogP contribution in [0.25, 0.3) is 0 Å². The van der Waals surface area contributed by atoms with E-state index in [1.165, 1.54) is 0 Å². The SMILES string of the molecule is CCC1CC(=O)Nc2ccc(C#N)cc2N1. The second-order valence-corrected chi connectivity index (χ2v) is 3.87. The zero-order valence-electron chi connectivity index (χ0n) is 9.08. The van der Waals surface area contributed by atoms with E-state index in [1.807, 2.05) is 6.92 Å². The predicted molar refractivity (Wildman–Crippen MR) is 62.1 cm³/mol. The van der Waals surface area contributed by atoms with Crippen LogP contribution in [-0.2, 0) is 4.79 Å². The van der Waals surface area contributed by atoms with Crippen LogP contribution in [0.5, 0.6) is 0 Å². The Bertz CT molecular complexity index is 462. The normalized spacial score (nSPS) is 18.8. The van der Waals surface area contributed by atoms with Crippen molar-refractivity contribution in [3.63, 3.8) is 0 Å². The van der Waals surface area contributed by atoms with Gasteiger partial charge in [0.25, 0.3) is 0 Å². The van der Waals surface area contributed by atoms with Crippen molar-refractivity contribution in [3.05, 3.63) is 23.8 Å². The topological polar surface area (TPSA) is 64.9 Å². The summed E-state index contributed by atoms with van der Waals surface area (Å²) in [5.74, 6) is 0.0165. The van der Waals surface area contributed by atoms with Gasteiger partial charge >= 0.3 is 0 Å². The van der Waals surface area contributed by atoms with E-state index in [1.54, 1.807) is 18.2 Å². The number of nitrogens with one attached hydrogen (secondary N) is 2. The van der Waals surface area contributed by atoms with E-state index in [2.05, 4.69) is 16.7 Å². The van der Waals surface area contributed by atoms with E-state index in [0.29, 0.717) is 12.0 Å². The van der Waals surface area contributed by atoms with Crippen LogP contribution in [0.3, 0.4) is 0 Å². The van der Waals surface area contributed by atoms with Gasteiger partial charge in [-0.3, -0.25) is 4.79 Å². The number of hydrogen-bond donors (Lipinski definition) is 2. The number of fused-ring (bicyclic) bond motifs is 1. The molecule has 2 N–H and O–H groups in total. The molecule has 1 aliphatic heterocycles. The maximum Gasteiger partial charge on any atom is 0.226 e. The quantitative estimate of drug-likeness (QED) is 0.753. The second-order valence-electron chi connectivity index (χ2n) is 3.87. The lowest BCUT2D eigenvalue weighted by Crippen LogP contribution is -2.21. The van der Waals surface area contributed by atoms with Crippen molar-refractivity contribution in [2.45, 2.75) is 25.8 Å². The van der Waals surface area contributed by atoms with Crippen LogP contribution in [0.4, 0.5) is 11.4 Å². The molecule has 1 atom stereocenters. The van der Waals surface area contributed by atoms with Crippen molar-refractivity contribution in [1.29, 1.82) is 5.26 Å². The van der Waals surface area contributed by atoms with Crippen LogP contribution in [0.15, 0.2) is 18.2 Å². The molecule has 0 spiro atoms. The first kappa shape index (κ1) is 10.5. The molecule has 1 aliphatic rings. The standard InChI is InChI=1S/C12H13N3O/c1-2-9-6-12(16)15-10-4-3-8(7-13)5-11(10)14-9/h3-5,9,14H,2,6H2,1H3,(H,15,16). The summed E-state index contributed by atoms with van der Waals surface area (Å²) in [4.78, 5) is 11.6. The number of nitrogens with zero attached hydrogens (tertiary/aromatic N) is 1. The molecule has 2 rings (SSSR count). The molecule has 0 fully saturated rings. The maximum atomic E-state index is 11.6. The average molecular weight is 215 g/mol. The van der Waals surface area contributed by atoms with Crippen LogP contribution < -0.4 is 10.6 Å². The van der Waals surface area contributed by atoms with E-state index in [9.17, 15) is 4.79 Å². The molecule has 0 radical (unpaired) electrons. The number of amides is 1. The number of hydrogen-bond acceptors (Lipinski definition) is 3. The summed E-state index contributed by atoms with van der Waals surface area (Å²) < 4.78 is 0. The van der Waals surface area contributed by atoms with Gasteiger partial charge in [-0.2, -0.15) is 5.26 Å². The lowest BCUT2D eigenvalue weighted by molar-refractivity contribution is -0.116. The Morgan fingerprint density at radius 1 is 1.50 bits per heavy atom. The zero-order valence-corrected chi connectivity index (χ0v) is 9.08. The molecule has 82 valence electrons. The van der Waals surface area contributed by atoms with Crippen molar-refractivity contribution in [1.82, 2.24) is 0 Å². The average Bonchev–Trinajstić information content (AvgIpc) is 2.45. The number of benzene rings is 1. The molecule has 1 aromatic carbocycles. The van der Waals surface area contributed by atoms with Crippen LogP contribution in [0.1, 0.15) is 25.3 Å².